The van der Waals surface area contributed by atoms with Crippen molar-refractivity contribution in [3.63, 3.8) is 0 Å². The zero-order valence-electron chi connectivity index (χ0n) is 9.53. The second-order valence-corrected chi connectivity index (χ2v) is 5.08. The molecule has 0 aliphatic heterocycles. The van der Waals surface area contributed by atoms with Gasteiger partial charge in [0.2, 0.25) is 0 Å². The smallest absolute Gasteiger partial charge is 0.0753 e. The molecular formula is C13H19NO. The highest BCUT2D eigenvalue weighted by molar-refractivity contribution is 5.21. The van der Waals surface area contributed by atoms with Gasteiger partial charge in [0, 0.05) is 17.3 Å². The maximum Gasteiger partial charge on any atom is 0.0753 e. The molecule has 2 rings (SSSR count). The van der Waals surface area contributed by atoms with E-state index in [1.807, 2.05) is 18.2 Å². The Morgan fingerprint density at radius 2 is 1.93 bits per heavy atom. The Hall–Kier alpha value is -0.890. The van der Waals surface area contributed by atoms with Gasteiger partial charge in [0.25, 0.3) is 0 Å². The van der Waals surface area contributed by atoms with Crippen LogP contribution in [-0.4, -0.2) is 15.7 Å². The summed E-state index contributed by atoms with van der Waals surface area (Å²) in [5, 5.41) is 10.6. The molecule has 0 amide bonds. The molecule has 1 fully saturated rings. The predicted octanol–water partition coefficient (Wildman–Crippen LogP) is 2.66. The first-order chi connectivity index (χ1) is 7.06. The van der Waals surface area contributed by atoms with E-state index in [-0.39, 0.29) is 5.41 Å². The summed E-state index contributed by atoms with van der Waals surface area (Å²) in [7, 11) is 0. The third-order valence-electron chi connectivity index (χ3n) is 3.90. The minimum atomic E-state index is -0.568. The highest BCUT2D eigenvalue weighted by Gasteiger charge is 2.46. The first-order valence-corrected chi connectivity index (χ1v) is 5.70. The first kappa shape index (κ1) is 10.6. The van der Waals surface area contributed by atoms with Crippen molar-refractivity contribution in [3.8, 4) is 0 Å². The van der Waals surface area contributed by atoms with E-state index in [0.717, 1.165) is 31.4 Å². The van der Waals surface area contributed by atoms with Crippen LogP contribution >= 0.6 is 0 Å². The number of nitrogens with zero attached hydrogens (tertiary/aromatic N) is 1. The summed E-state index contributed by atoms with van der Waals surface area (Å²) < 4.78 is 0. The average Bonchev–Trinajstić information content (AvgIpc) is 2.68. The standard InChI is InChI=1S/C13H19NO/c1-12(2,11-7-3-6-10-14-11)13(15)8-4-5-9-13/h3,6-7,10,15H,4-5,8-9H2,1-2H3. The van der Waals surface area contributed by atoms with Crippen LogP contribution in [-0.2, 0) is 5.41 Å². The van der Waals surface area contributed by atoms with E-state index in [2.05, 4.69) is 18.8 Å². The highest BCUT2D eigenvalue weighted by atomic mass is 16.3. The second-order valence-electron chi connectivity index (χ2n) is 5.08. The van der Waals surface area contributed by atoms with Crippen LogP contribution in [0.2, 0.25) is 0 Å². The summed E-state index contributed by atoms with van der Waals surface area (Å²) in [6.07, 6.45) is 5.86. The minimum Gasteiger partial charge on any atom is -0.389 e. The van der Waals surface area contributed by atoms with Gasteiger partial charge in [-0.1, -0.05) is 32.8 Å². The van der Waals surface area contributed by atoms with E-state index >= 15 is 0 Å². The summed E-state index contributed by atoms with van der Waals surface area (Å²) in [4.78, 5) is 4.38. The lowest BCUT2D eigenvalue weighted by molar-refractivity contribution is -0.0213. The van der Waals surface area contributed by atoms with Gasteiger partial charge in [-0.15, -0.1) is 0 Å². The van der Waals surface area contributed by atoms with Crippen LogP contribution in [0.5, 0.6) is 0 Å². The average molecular weight is 205 g/mol. The Labute approximate surface area is 91.4 Å². The van der Waals surface area contributed by atoms with Crippen LogP contribution in [0.3, 0.4) is 0 Å². The summed E-state index contributed by atoms with van der Waals surface area (Å²) in [5.41, 5.74) is 0.181. The van der Waals surface area contributed by atoms with Gasteiger partial charge in [-0.05, 0) is 25.0 Å². The molecule has 1 aliphatic rings. The maximum absolute atomic E-state index is 10.6. The molecule has 1 aromatic rings. The highest BCUT2D eigenvalue weighted by Crippen LogP contribution is 2.44. The van der Waals surface area contributed by atoms with Crippen LogP contribution in [0.4, 0.5) is 0 Å². The maximum atomic E-state index is 10.6. The molecule has 0 unspecified atom stereocenters. The van der Waals surface area contributed by atoms with Crippen molar-refractivity contribution in [2.24, 2.45) is 0 Å². The molecule has 2 nitrogen and oxygen atoms in total. The van der Waals surface area contributed by atoms with Crippen LogP contribution in [0.15, 0.2) is 24.4 Å². The first-order valence-electron chi connectivity index (χ1n) is 5.70. The van der Waals surface area contributed by atoms with Crippen molar-refractivity contribution in [2.75, 3.05) is 0 Å². The number of hydrogen-bond donors (Lipinski definition) is 1. The third kappa shape index (κ3) is 1.67. The molecule has 0 bridgehead atoms. The lowest BCUT2D eigenvalue weighted by atomic mass is 9.71. The van der Waals surface area contributed by atoms with Crippen LogP contribution in [0.1, 0.15) is 45.2 Å². The van der Waals surface area contributed by atoms with Gasteiger partial charge in [0.15, 0.2) is 0 Å². The van der Waals surface area contributed by atoms with Gasteiger partial charge in [0.1, 0.15) is 0 Å². The topological polar surface area (TPSA) is 33.1 Å². The quantitative estimate of drug-likeness (QED) is 0.805. The molecule has 15 heavy (non-hydrogen) atoms. The molecule has 0 atom stereocenters. The van der Waals surface area contributed by atoms with E-state index < -0.39 is 5.60 Å². The predicted molar refractivity (Wildman–Crippen MR) is 60.7 cm³/mol. The van der Waals surface area contributed by atoms with Crippen molar-refractivity contribution < 1.29 is 5.11 Å². The van der Waals surface area contributed by atoms with Gasteiger partial charge in [-0.2, -0.15) is 0 Å². The van der Waals surface area contributed by atoms with Crippen LogP contribution < -0.4 is 0 Å². The molecule has 1 N–H and O–H groups in total. The summed E-state index contributed by atoms with van der Waals surface area (Å²) >= 11 is 0. The molecule has 1 aromatic heterocycles. The van der Waals surface area contributed by atoms with E-state index in [1.165, 1.54) is 0 Å². The molecule has 0 radical (unpaired) electrons. The number of hydrogen-bond acceptors (Lipinski definition) is 2. The molecule has 2 heteroatoms. The molecular weight excluding hydrogens is 186 g/mol. The van der Waals surface area contributed by atoms with E-state index in [1.54, 1.807) is 6.20 Å². The third-order valence-corrected chi connectivity index (χ3v) is 3.90. The fourth-order valence-electron chi connectivity index (χ4n) is 2.56. The van der Waals surface area contributed by atoms with Crippen molar-refractivity contribution in [1.82, 2.24) is 4.98 Å². The second kappa shape index (κ2) is 3.60. The SMILES string of the molecule is CC(C)(c1ccccn1)C1(O)CCCC1. The zero-order valence-corrected chi connectivity index (χ0v) is 9.53. The summed E-state index contributed by atoms with van der Waals surface area (Å²) in [6.45, 7) is 4.20. The van der Waals surface area contributed by atoms with Crippen LogP contribution in [0.25, 0.3) is 0 Å². The molecule has 0 aromatic carbocycles. The van der Waals surface area contributed by atoms with Gasteiger partial charge >= 0.3 is 0 Å². The number of rotatable bonds is 2. The monoisotopic (exact) mass is 205 g/mol. The summed E-state index contributed by atoms with van der Waals surface area (Å²) in [6, 6.07) is 5.91. The number of aliphatic hydroxyl groups is 1. The molecule has 1 heterocycles. The van der Waals surface area contributed by atoms with Crippen LogP contribution in [0, 0.1) is 0 Å². The molecule has 0 saturated heterocycles. The molecule has 0 spiro atoms. The van der Waals surface area contributed by atoms with Gasteiger partial charge in [0.05, 0.1) is 5.60 Å². The fourth-order valence-corrected chi connectivity index (χ4v) is 2.56. The molecule has 82 valence electrons. The fraction of sp³-hybridized carbons (Fsp3) is 0.615. The van der Waals surface area contributed by atoms with Crippen molar-refractivity contribution in [2.45, 2.75) is 50.5 Å². The lowest BCUT2D eigenvalue weighted by Gasteiger charge is -2.39. The Kier molecular flexibility index (Phi) is 2.55. The minimum absolute atomic E-state index is 0.245. The number of aromatic nitrogens is 1. The van der Waals surface area contributed by atoms with Crippen molar-refractivity contribution >= 4 is 0 Å². The van der Waals surface area contributed by atoms with Gasteiger partial charge in [-0.3, -0.25) is 4.98 Å². The Morgan fingerprint density at radius 3 is 2.47 bits per heavy atom. The van der Waals surface area contributed by atoms with E-state index in [9.17, 15) is 5.11 Å². The van der Waals surface area contributed by atoms with Crippen molar-refractivity contribution in [1.29, 1.82) is 0 Å². The largest absolute Gasteiger partial charge is 0.389 e. The zero-order chi connectivity index (χ0) is 10.9. The van der Waals surface area contributed by atoms with Crippen molar-refractivity contribution in [3.05, 3.63) is 30.1 Å². The molecule has 1 aliphatic carbocycles. The normalized spacial score (nSPS) is 20.5. The molecule has 1 saturated carbocycles. The van der Waals surface area contributed by atoms with Gasteiger partial charge < -0.3 is 5.11 Å². The Morgan fingerprint density at radius 1 is 1.27 bits per heavy atom. The lowest BCUT2D eigenvalue weighted by Crippen LogP contribution is -2.46. The Bertz CT molecular complexity index is 326. The number of pyridine rings is 1. The summed E-state index contributed by atoms with van der Waals surface area (Å²) in [5.74, 6) is 0. The van der Waals surface area contributed by atoms with E-state index in [0.29, 0.717) is 0 Å². The van der Waals surface area contributed by atoms with E-state index in [4.69, 9.17) is 0 Å². The van der Waals surface area contributed by atoms with Gasteiger partial charge in [-0.25, -0.2) is 0 Å². The Balaban J connectivity index is 2.34.